The smallest absolute Gasteiger partial charge is 0.108 e. The molecule has 0 saturated carbocycles. The Hall–Kier alpha value is -0.580. The van der Waals surface area contributed by atoms with Gasteiger partial charge in [0.15, 0.2) is 0 Å². The van der Waals surface area contributed by atoms with Crippen molar-refractivity contribution < 1.29 is 4.42 Å². The van der Waals surface area contributed by atoms with E-state index >= 15 is 0 Å². The van der Waals surface area contributed by atoms with Crippen molar-refractivity contribution in [1.29, 1.82) is 0 Å². The third-order valence-corrected chi connectivity index (χ3v) is 5.39. The zero-order valence-electron chi connectivity index (χ0n) is 10.3. The molecule has 3 rings (SSSR count). The van der Waals surface area contributed by atoms with Crippen LogP contribution in [0, 0.1) is 0 Å². The molecule has 0 amide bonds. The molecule has 0 aromatic carbocycles. The molecular weight excluding hydrogens is 310 g/mol. The Labute approximate surface area is 120 Å². The van der Waals surface area contributed by atoms with Crippen molar-refractivity contribution in [1.82, 2.24) is 5.32 Å². The molecule has 2 unspecified atom stereocenters. The standard InChI is InChI=1S/C14H16BrNOS/c1-9(14-7-10(15)8-18-14)16-12-3-2-4-13-11(12)5-6-17-13/h5-9,12,16H,2-4H2,1H3. The lowest BCUT2D eigenvalue weighted by atomic mass is 9.93. The van der Waals surface area contributed by atoms with E-state index in [1.807, 2.05) is 6.26 Å². The van der Waals surface area contributed by atoms with Gasteiger partial charge in [0.2, 0.25) is 0 Å². The van der Waals surface area contributed by atoms with Crippen LogP contribution < -0.4 is 5.32 Å². The molecule has 4 heteroatoms. The zero-order chi connectivity index (χ0) is 12.5. The quantitative estimate of drug-likeness (QED) is 0.874. The molecule has 2 aromatic rings. The van der Waals surface area contributed by atoms with Crippen molar-refractivity contribution in [3.05, 3.63) is 44.4 Å². The van der Waals surface area contributed by atoms with E-state index in [1.54, 1.807) is 11.3 Å². The molecule has 0 saturated heterocycles. The Kier molecular flexibility index (Phi) is 3.59. The maximum absolute atomic E-state index is 5.53. The zero-order valence-corrected chi connectivity index (χ0v) is 12.7. The Morgan fingerprint density at radius 2 is 2.44 bits per heavy atom. The lowest BCUT2D eigenvalue weighted by molar-refractivity contribution is 0.387. The van der Waals surface area contributed by atoms with Crippen LogP contribution in [-0.2, 0) is 6.42 Å². The van der Waals surface area contributed by atoms with E-state index in [0.717, 1.165) is 6.42 Å². The maximum Gasteiger partial charge on any atom is 0.108 e. The van der Waals surface area contributed by atoms with Gasteiger partial charge in [-0.2, -0.15) is 0 Å². The Bertz CT molecular complexity index is 533. The van der Waals surface area contributed by atoms with Crippen LogP contribution in [0.1, 0.15) is 48.0 Å². The number of furan rings is 1. The predicted octanol–water partition coefficient (Wildman–Crippen LogP) is 4.83. The summed E-state index contributed by atoms with van der Waals surface area (Å²) in [5, 5.41) is 5.86. The second kappa shape index (κ2) is 5.19. The summed E-state index contributed by atoms with van der Waals surface area (Å²) < 4.78 is 6.70. The summed E-state index contributed by atoms with van der Waals surface area (Å²) in [4.78, 5) is 1.37. The van der Waals surface area contributed by atoms with Gasteiger partial charge in [-0.25, -0.2) is 0 Å². The van der Waals surface area contributed by atoms with Crippen LogP contribution in [0.5, 0.6) is 0 Å². The Balaban J connectivity index is 1.74. The molecule has 18 heavy (non-hydrogen) atoms. The van der Waals surface area contributed by atoms with Crippen LogP contribution in [0.25, 0.3) is 0 Å². The van der Waals surface area contributed by atoms with E-state index in [-0.39, 0.29) is 0 Å². The first-order chi connectivity index (χ1) is 8.74. The van der Waals surface area contributed by atoms with Gasteiger partial charge in [0.1, 0.15) is 5.76 Å². The number of halogens is 1. The van der Waals surface area contributed by atoms with Crippen molar-refractivity contribution in [2.24, 2.45) is 0 Å². The minimum Gasteiger partial charge on any atom is -0.469 e. The third kappa shape index (κ3) is 2.42. The van der Waals surface area contributed by atoms with Gasteiger partial charge in [0.25, 0.3) is 0 Å². The highest BCUT2D eigenvalue weighted by atomic mass is 79.9. The van der Waals surface area contributed by atoms with Crippen LogP contribution in [0.4, 0.5) is 0 Å². The molecule has 0 fully saturated rings. The molecule has 0 aliphatic heterocycles. The number of aryl methyl sites for hydroxylation is 1. The number of fused-ring (bicyclic) bond motifs is 1. The van der Waals surface area contributed by atoms with E-state index in [9.17, 15) is 0 Å². The van der Waals surface area contributed by atoms with E-state index in [1.165, 1.54) is 33.5 Å². The van der Waals surface area contributed by atoms with Gasteiger partial charge in [0, 0.05) is 38.8 Å². The van der Waals surface area contributed by atoms with Crippen molar-refractivity contribution >= 4 is 27.3 Å². The molecule has 96 valence electrons. The predicted molar refractivity (Wildman–Crippen MR) is 78.0 cm³/mol. The molecule has 2 aromatic heterocycles. The summed E-state index contributed by atoms with van der Waals surface area (Å²) in [7, 11) is 0. The summed E-state index contributed by atoms with van der Waals surface area (Å²) in [6.45, 7) is 2.23. The Morgan fingerprint density at radius 3 is 3.22 bits per heavy atom. The summed E-state index contributed by atoms with van der Waals surface area (Å²) in [5.41, 5.74) is 1.35. The van der Waals surface area contributed by atoms with Gasteiger partial charge < -0.3 is 9.73 Å². The third-order valence-electron chi connectivity index (χ3n) is 3.52. The fourth-order valence-corrected chi connectivity index (χ4v) is 4.06. The molecule has 1 aliphatic rings. The van der Waals surface area contributed by atoms with Crippen LogP contribution in [-0.4, -0.2) is 0 Å². The summed E-state index contributed by atoms with van der Waals surface area (Å²) in [6.07, 6.45) is 5.30. The van der Waals surface area contributed by atoms with Crippen LogP contribution in [0.3, 0.4) is 0 Å². The van der Waals surface area contributed by atoms with Crippen molar-refractivity contribution in [3.63, 3.8) is 0 Å². The first-order valence-corrected chi connectivity index (χ1v) is 7.97. The van der Waals surface area contributed by atoms with Gasteiger partial charge in [-0.05, 0) is 47.8 Å². The first-order valence-electron chi connectivity index (χ1n) is 6.30. The molecule has 0 bridgehead atoms. The lowest BCUT2D eigenvalue weighted by Crippen LogP contribution is -2.26. The average Bonchev–Trinajstić information content (AvgIpc) is 2.97. The number of thiophene rings is 1. The number of rotatable bonds is 3. The minimum atomic E-state index is 0.382. The monoisotopic (exact) mass is 325 g/mol. The summed E-state index contributed by atoms with van der Waals surface area (Å²) in [6, 6.07) is 5.13. The molecule has 0 spiro atoms. The highest BCUT2D eigenvalue weighted by Gasteiger charge is 2.24. The van der Waals surface area contributed by atoms with Crippen LogP contribution in [0.2, 0.25) is 0 Å². The van der Waals surface area contributed by atoms with E-state index in [2.05, 4.69) is 45.7 Å². The van der Waals surface area contributed by atoms with Crippen LogP contribution in [0.15, 0.2) is 32.7 Å². The molecule has 1 aliphatic carbocycles. The number of nitrogens with one attached hydrogen (secondary N) is 1. The number of hydrogen-bond acceptors (Lipinski definition) is 3. The fraction of sp³-hybridized carbons (Fsp3) is 0.429. The summed E-state index contributed by atoms with van der Waals surface area (Å²) >= 11 is 5.31. The molecule has 1 N–H and O–H groups in total. The van der Waals surface area contributed by atoms with Gasteiger partial charge in [-0.1, -0.05) is 0 Å². The second-order valence-corrected chi connectivity index (χ2v) is 6.66. The highest BCUT2D eigenvalue weighted by molar-refractivity contribution is 9.10. The normalized spacial score (nSPS) is 20.7. The minimum absolute atomic E-state index is 0.382. The molecule has 2 nitrogen and oxygen atoms in total. The SMILES string of the molecule is CC(NC1CCCc2occc21)c1cc(Br)cs1. The molecular formula is C14H16BrNOS. The van der Waals surface area contributed by atoms with E-state index in [0.29, 0.717) is 12.1 Å². The van der Waals surface area contributed by atoms with Gasteiger partial charge >= 0.3 is 0 Å². The van der Waals surface area contributed by atoms with E-state index < -0.39 is 0 Å². The van der Waals surface area contributed by atoms with Crippen molar-refractivity contribution in [2.45, 2.75) is 38.3 Å². The van der Waals surface area contributed by atoms with Gasteiger partial charge in [0.05, 0.1) is 6.26 Å². The molecule has 0 radical (unpaired) electrons. The fourth-order valence-electron chi connectivity index (χ4n) is 2.60. The highest BCUT2D eigenvalue weighted by Crippen LogP contribution is 2.33. The van der Waals surface area contributed by atoms with E-state index in [4.69, 9.17) is 4.42 Å². The Morgan fingerprint density at radius 1 is 1.56 bits per heavy atom. The second-order valence-electron chi connectivity index (χ2n) is 4.80. The molecule has 2 atom stereocenters. The van der Waals surface area contributed by atoms with Gasteiger partial charge in [-0.15, -0.1) is 11.3 Å². The van der Waals surface area contributed by atoms with Crippen molar-refractivity contribution in [3.8, 4) is 0 Å². The number of hydrogen-bond donors (Lipinski definition) is 1. The molecule has 2 heterocycles. The topological polar surface area (TPSA) is 25.2 Å². The van der Waals surface area contributed by atoms with Gasteiger partial charge in [-0.3, -0.25) is 0 Å². The van der Waals surface area contributed by atoms with Crippen molar-refractivity contribution in [2.75, 3.05) is 0 Å². The average molecular weight is 326 g/mol. The maximum atomic E-state index is 5.53. The van der Waals surface area contributed by atoms with Crippen LogP contribution >= 0.6 is 27.3 Å². The largest absolute Gasteiger partial charge is 0.469 e. The first kappa shape index (κ1) is 12.5. The summed E-state index contributed by atoms with van der Waals surface area (Å²) in [5.74, 6) is 1.17. The lowest BCUT2D eigenvalue weighted by Gasteiger charge is -2.26.